The van der Waals surface area contributed by atoms with E-state index in [1.807, 2.05) is 19.9 Å². The molecule has 0 unspecified atom stereocenters. The molecule has 1 aromatic rings. The van der Waals surface area contributed by atoms with Crippen molar-refractivity contribution in [1.29, 1.82) is 0 Å². The summed E-state index contributed by atoms with van der Waals surface area (Å²) in [6.45, 7) is 3.88. The molecule has 1 N–H and O–H groups in total. The predicted molar refractivity (Wildman–Crippen MR) is 64.5 cm³/mol. The highest BCUT2D eigenvalue weighted by Gasteiger charge is 2.47. The van der Waals surface area contributed by atoms with Crippen molar-refractivity contribution >= 4 is 12.3 Å². The van der Waals surface area contributed by atoms with Gasteiger partial charge in [-0.25, -0.2) is 0 Å². The van der Waals surface area contributed by atoms with E-state index in [4.69, 9.17) is 0 Å². The van der Waals surface area contributed by atoms with E-state index in [0.29, 0.717) is 24.0 Å². The second kappa shape index (κ2) is 3.99. The molecule has 1 saturated carbocycles. The first-order chi connectivity index (χ1) is 8.01. The van der Waals surface area contributed by atoms with Gasteiger partial charge in [-0.3, -0.25) is 9.59 Å². The van der Waals surface area contributed by atoms with E-state index in [0.717, 1.165) is 23.8 Å². The second-order valence-electron chi connectivity index (χ2n) is 4.88. The van der Waals surface area contributed by atoms with Gasteiger partial charge in [0, 0.05) is 5.56 Å². The second-order valence-corrected chi connectivity index (χ2v) is 4.88. The monoisotopic (exact) mass is 232 g/mol. The molecule has 1 fully saturated rings. The van der Waals surface area contributed by atoms with E-state index in [9.17, 15) is 14.7 Å². The van der Waals surface area contributed by atoms with Crippen molar-refractivity contribution < 1.29 is 14.7 Å². The molecule has 0 radical (unpaired) electrons. The van der Waals surface area contributed by atoms with Gasteiger partial charge in [-0.05, 0) is 49.4 Å². The molecule has 1 aliphatic carbocycles. The van der Waals surface area contributed by atoms with Crippen molar-refractivity contribution in [3.63, 3.8) is 0 Å². The van der Waals surface area contributed by atoms with Gasteiger partial charge in [-0.15, -0.1) is 0 Å². The number of aryl methyl sites for hydroxylation is 2. The molecule has 1 aliphatic rings. The van der Waals surface area contributed by atoms with Gasteiger partial charge in [0.15, 0.2) is 0 Å². The molecule has 90 valence electrons. The molecule has 2 rings (SSSR count). The lowest BCUT2D eigenvalue weighted by Crippen LogP contribution is -2.43. The quantitative estimate of drug-likeness (QED) is 0.815. The number of carbonyl (C=O) groups excluding carboxylic acids is 1. The number of carboxylic acid groups (broad SMARTS) is 1. The first-order valence-electron chi connectivity index (χ1n) is 5.81. The molecule has 0 amide bonds. The number of hydrogen-bond donors (Lipinski definition) is 1. The Kier molecular flexibility index (Phi) is 2.77. The molecule has 3 nitrogen and oxygen atoms in total. The maximum Gasteiger partial charge on any atom is 0.314 e. The molecule has 0 bridgehead atoms. The summed E-state index contributed by atoms with van der Waals surface area (Å²) in [5, 5.41) is 9.40. The zero-order chi connectivity index (χ0) is 12.6. The molecule has 0 aliphatic heterocycles. The largest absolute Gasteiger partial charge is 0.481 e. The van der Waals surface area contributed by atoms with Crippen molar-refractivity contribution in [3.05, 3.63) is 34.4 Å². The van der Waals surface area contributed by atoms with Crippen molar-refractivity contribution in [2.24, 2.45) is 0 Å². The fraction of sp³-hybridized carbons (Fsp3) is 0.429. The zero-order valence-corrected chi connectivity index (χ0v) is 10.1. The third kappa shape index (κ3) is 1.66. The van der Waals surface area contributed by atoms with Gasteiger partial charge in [0.1, 0.15) is 6.29 Å². The van der Waals surface area contributed by atoms with Crippen LogP contribution in [0, 0.1) is 13.8 Å². The Morgan fingerprint density at radius 2 is 1.88 bits per heavy atom. The topological polar surface area (TPSA) is 54.4 Å². The molecule has 0 spiro atoms. The Balaban J connectivity index is 2.61. The summed E-state index contributed by atoms with van der Waals surface area (Å²) in [6.07, 6.45) is 2.94. The average molecular weight is 232 g/mol. The molecule has 1 aromatic carbocycles. The summed E-state index contributed by atoms with van der Waals surface area (Å²) in [5.41, 5.74) is 2.45. The number of aliphatic carboxylic acids is 1. The highest BCUT2D eigenvalue weighted by Crippen LogP contribution is 2.45. The molecule has 17 heavy (non-hydrogen) atoms. The van der Waals surface area contributed by atoms with Crippen molar-refractivity contribution in [2.75, 3.05) is 0 Å². The number of hydrogen-bond acceptors (Lipinski definition) is 2. The Labute approximate surface area is 100 Å². The summed E-state index contributed by atoms with van der Waals surface area (Å²) >= 11 is 0. The summed E-state index contributed by atoms with van der Waals surface area (Å²) < 4.78 is 0. The van der Waals surface area contributed by atoms with Crippen LogP contribution >= 0.6 is 0 Å². The number of aldehydes is 1. The minimum Gasteiger partial charge on any atom is -0.481 e. The molecular weight excluding hydrogens is 216 g/mol. The van der Waals surface area contributed by atoms with E-state index < -0.39 is 11.4 Å². The van der Waals surface area contributed by atoms with Gasteiger partial charge in [-0.1, -0.05) is 12.5 Å². The molecule has 3 heteroatoms. The lowest BCUT2D eigenvalue weighted by molar-refractivity contribution is -0.147. The Hall–Kier alpha value is -1.64. The van der Waals surface area contributed by atoms with Crippen LogP contribution in [0.25, 0.3) is 0 Å². The summed E-state index contributed by atoms with van der Waals surface area (Å²) in [6, 6.07) is 3.66. The Bertz CT molecular complexity index is 484. The van der Waals surface area contributed by atoms with E-state index in [1.54, 1.807) is 6.07 Å². The van der Waals surface area contributed by atoms with E-state index in [-0.39, 0.29) is 0 Å². The molecular formula is C14H16O3. The SMILES string of the molecule is Cc1cc(C=O)c(C2(C(=O)O)CCC2)cc1C. The fourth-order valence-electron chi connectivity index (χ4n) is 2.48. The van der Waals surface area contributed by atoms with Crippen LogP contribution in [0.1, 0.15) is 46.3 Å². The normalized spacial score (nSPS) is 17.3. The smallest absolute Gasteiger partial charge is 0.314 e. The average Bonchev–Trinajstić information content (AvgIpc) is 2.20. The van der Waals surface area contributed by atoms with Gasteiger partial charge in [-0.2, -0.15) is 0 Å². The van der Waals surface area contributed by atoms with Crippen molar-refractivity contribution in [2.45, 2.75) is 38.5 Å². The molecule has 0 atom stereocenters. The van der Waals surface area contributed by atoms with Crippen LogP contribution in [-0.4, -0.2) is 17.4 Å². The van der Waals surface area contributed by atoms with Crippen molar-refractivity contribution in [3.8, 4) is 0 Å². The Morgan fingerprint density at radius 3 is 2.29 bits per heavy atom. The number of carboxylic acids is 1. The minimum atomic E-state index is -0.825. The Morgan fingerprint density at radius 1 is 1.29 bits per heavy atom. The highest BCUT2D eigenvalue weighted by atomic mass is 16.4. The van der Waals surface area contributed by atoms with Crippen molar-refractivity contribution in [1.82, 2.24) is 0 Å². The third-order valence-electron chi connectivity index (χ3n) is 3.92. The first-order valence-corrected chi connectivity index (χ1v) is 5.81. The van der Waals surface area contributed by atoms with Crippen LogP contribution in [0.2, 0.25) is 0 Å². The molecule has 0 heterocycles. The van der Waals surface area contributed by atoms with Crippen LogP contribution in [0.15, 0.2) is 12.1 Å². The summed E-state index contributed by atoms with van der Waals surface area (Å²) in [4.78, 5) is 22.6. The van der Waals surface area contributed by atoms with Gasteiger partial charge in [0.2, 0.25) is 0 Å². The van der Waals surface area contributed by atoms with E-state index >= 15 is 0 Å². The van der Waals surface area contributed by atoms with Gasteiger partial charge < -0.3 is 5.11 Å². The summed E-state index contributed by atoms with van der Waals surface area (Å²) in [7, 11) is 0. The molecule has 0 aromatic heterocycles. The first kappa shape index (κ1) is 11.8. The zero-order valence-electron chi connectivity index (χ0n) is 10.1. The third-order valence-corrected chi connectivity index (χ3v) is 3.92. The minimum absolute atomic E-state index is 0.523. The van der Waals surface area contributed by atoms with Crippen LogP contribution < -0.4 is 0 Å². The number of benzene rings is 1. The lowest BCUT2D eigenvalue weighted by atomic mass is 9.63. The number of carbonyl (C=O) groups is 2. The number of rotatable bonds is 3. The molecule has 0 saturated heterocycles. The maximum atomic E-state index is 11.5. The van der Waals surface area contributed by atoms with Gasteiger partial charge in [0.25, 0.3) is 0 Å². The van der Waals surface area contributed by atoms with Gasteiger partial charge >= 0.3 is 5.97 Å². The lowest BCUT2D eigenvalue weighted by Gasteiger charge is -2.39. The summed E-state index contributed by atoms with van der Waals surface area (Å²) in [5.74, 6) is -0.810. The van der Waals surface area contributed by atoms with Crippen LogP contribution in [0.5, 0.6) is 0 Å². The fourth-order valence-corrected chi connectivity index (χ4v) is 2.48. The van der Waals surface area contributed by atoms with Crippen LogP contribution in [0.4, 0.5) is 0 Å². The van der Waals surface area contributed by atoms with E-state index in [2.05, 4.69) is 0 Å². The van der Waals surface area contributed by atoms with Crippen LogP contribution in [0.3, 0.4) is 0 Å². The van der Waals surface area contributed by atoms with Gasteiger partial charge in [0.05, 0.1) is 5.41 Å². The standard InChI is InChI=1S/C14H16O3/c1-9-6-11(8-15)12(7-10(9)2)14(13(16)17)4-3-5-14/h6-8H,3-5H2,1-2H3,(H,16,17). The maximum absolute atomic E-state index is 11.5. The highest BCUT2D eigenvalue weighted by molar-refractivity contribution is 5.88. The van der Waals surface area contributed by atoms with Crippen LogP contribution in [-0.2, 0) is 10.2 Å². The van der Waals surface area contributed by atoms with E-state index in [1.165, 1.54) is 0 Å². The predicted octanol–water partition coefficient (Wildman–Crippen LogP) is 2.62.